The van der Waals surface area contributed by atoms with E-state index in [0.29, 0.717) is 16.6 Å². The average molecular weight is 480 g/mol. The smallest absolute Gasteiger partial charge is 0.335 e. The highest BCUT2D eigenvalue weighted by atomic mass is 35.5. The van der Waals surface area contributed by atoms with Crippen molar-refractivity contribution in [1.82, 2.24) is 5.32 Å². The van der Waals surface area contributed by atoms with Crippen LogP contribution in [0.1, 0.15) is 63.1 Å². The number of halogens is 1. The second-order valence-corrected chi connectivity index (χ2v) is 10.2. The summed E-state index contributed by atoms with van der Waals surface area (Å²) in [5.41, 5.74) is 4.50. The van der Waals surface area contributed by atoms with Crippen LogP contribution < -0.4 is 15.1 Å². The number of hydrogen-bond donors (Lipinski definition) is 1. The van der Waals surface area contributed by atoms with Crippen molar-refractivity contribution < 1.29 is 14.4 Å². The van der Waals surface area contributed by atoms with Gasteiger partial charge in [-0.2, -0.15) is 0 Å². The first-order chi connectivity index (χ1) is 16.0. The number of imide groups is 2. The lowest BCUT2D eigenvalue weighted by atomic mass is 9.78. The maximum absolute atomic E-state index is 13.3. The molecule has 4 rings (SSSR count). The van der Waals surface area contributed by atoms with Crippen LogP contribution in [0.25, 0.3) is 6.08 Å². The third-order valence-corrected chi connectivity index (χ3v) is 6.96. The quantitative estimate of drug-likeness (QED) is 0.443. The Bertz CT molecular complexity index is 1200. The van der Waals surface area contributed by atoms with Gasteiger partial charge in [-0.15, -0.1) is 0 Å². The van der Waals surface area contributed by atoms with E-state index in [-0.39, 0.29) is 11.1 Å². The number of nitrogens with zero attached hydrogens (tertiary/aromatic N) is 2. The predicted molar refractivity (Wildman–Crippen MR) is 136 cm³/mol. The molecular formula is C27H30ClN3O3. The maximum Gasteiger partial charge on any atom is 0.335 e. The van der Waals surface area contributed by atoms with E-state index in [4.69, 9.17) is 11.6 Å². The van der Waals surface area contributed by atoms with E-state index in [1.54, 1.807) is 30.3 Å². The first-order valence-corrected chi connectivity index (χ1v) is 12.0. The molecule has 1 unspecified atom stereocenters. The van der Waals surface area contributed by atoms with E-state index < -0.39 is 17.8 Å². The Morgan fingerprint density at radius 2 is 1.82 bits per heavy atom. The van der Waals surface area contributed by atoms with Gasteiger partial charge in [-0.1, -0.05) is 25.4 Å². The van der Waals surface area contributed by atoms with Crippen LogP contribution in [0.3, 0.4) is 0 Å². The van der Waals surface area contributed by atoms with Crippen molar-refractivity contribution in [3.63, 3.8) is 0 Å². The Labute approximate surface area is 205 Å². The molecule has 34 heavy (non-hydrogen) atoms. The van der Waals surface area contributed by atoms with Gasteiger partial charge in [0.2, 0.25) is 0 Å². The van der Waals surface area contributed by atoms with Crippen LogP contribution >= 0.6 is 11.6 Å². The molecule has 6 nitrogen and oxygen atoms in total. The molecule has 2 aromatic carbocycles. The Morgan fingerprint density at radius 3 is 2.47 bits per heavy atom. The molecule has 0 spiro atoms. The summed E-state index contributed by atoms with van der Waals surface area (Å²) >= 11 is 5.94. The van der Waals surface area contributed by atoms with Crippen molar-refractivity contribution in [2.45, 2.75) is 58.9 Å². The summed E-state index contributed by atoms with van der Waals surface area (Å²) in [5, 5.41) is 2.77. The lowest BCUT2D eigenvalue weighted by Gasteiger charge is -2.48. The summed E-state index contributed by atoms with van der Waals surface area (Å²) in [6, 6.07) is 9.80. The number of urea groups is 1. The van der Waals surface area contributed by atoms with Crippen molar-refractivity contribution in [2.24, 2.45) is 0 Å². The normalized spacial score (nSPS) is 21.1. The number of anilines is 2. The van der Waals surface area contributed by atoms with Crippen molar-refractivity contribution in [3.05, 3.63) is 63.7 Å². The van der Waals surface area contributed by atoms with E-state index in [1.165, 1.54) is 11.3 Å². The van der Waals surface area contributed by atoms with E-state index >= 15 is 0 Å². The molecule has 2 heterocycles. The maximum atomic E-state index is 13.3. The zero-order chi connectivity index (χ0) is 24.8. The van der Waals surface area contributed by atoms with Gasteiger partial charge in [0.1, 0.15) is 5.57 Å². The second-order valence-electron chi connectivity index (χ2n) is 9.77. The molecule has 178 valence electrons. The zero-order valence-electron chi connectivity index (χ0n) is 20.2. The number of aryl methyl sites for hydroxylation is 1. The lowest BCUT2D eigenvalue weighted by Crippen LogP contribution is -2.54. The molecule has 1 N–H and O–H groups in total. The van der Waals surface area contributed by atoms with Gasteiger partial charge in [-0.3, -0.25) is 14.9 Å². The zero-order valence-corrected chi connectivity index (χ0v) is 21.0. The summed E-state index contributed by atoms with van der Waals surface area (Å²) in [7, 11) is 0. The minimum atomic E-state index is -0.775. The Hall–Kier alpha value is -3.12. The van der Waals surface area contributed by atoms with Gasteiger partial charge in [-0.05, 0) is 98.7 Å². The monoisotopic (exact) mass is 479 g/mol. The van der Waals surface area contributed by atoms with E-state index in [9.17, 15) is 14.4 Å². The number of barbiturate groups is 1. The molecule has 0 bridgehead atoms. The first-order valence-electron chi connectivity index (χ1n) is 11.6. The Balaban J connectivity index is 1.77. The number of carbonyl (C=O) groups excluding carboxylic acids is 3. The number of carbonyl (C=O) groups is 3. The molecule has 1 saturated heterocycles. The van der Waals surface area contributed by atoms with Gasteiger partial charge in [-0.25, -0.2) is 9.69 Å². The van der Waals surface area contributed by atoms with Gasteiger partial charge in [0.05, 0.1) is 5.69 Å². The molecule has 0 aliphatic carbocycles. The van der Waals surface area contributed by atoms with E-state index in [1.807, 2.05) is 6.92 Å². The molecule has 0 radical (unpaired) electrons. The van der Waals surface area contributed by atoms with Crippen LogP contribution in [-0.4, -0.2) is 29.9 Å². The molecule has 0 saturated carbocycles. The fraction of sp³-hybridized carbons (Fsp3) is 0.370. The number of amides is 4. The van der Waals surface area contributed by atoms with Gasteiger partial charge >= 0.3 is 6.03 Å². The van der Waals surface area contributed by atoms with Gasteiger partial charge in [0, 0.05) is 22.8 Å². The van der Waals surface area contributed by atoms with Crippen LogP contribution in [0.5, 0.6) is 0 Å². The molecule has 0 aromatic heterocycles. The average Bonchev–Trinajstić information content (AvgIpc) is 2.75. The Morgan fingerprint density at radius 1 is 1.15 bits per heavy atom. The molecule has 2 aliphatic heterocycles. The largest absolute Gasteiger partial charge is 0.366 e. The fourth-order valence-corrected chi connectivity index (χ4v) is 5.22. The van der Waals surface area contributed by atoms with Gasteiger partial charge in [0.25, 0.3) is 11.8 Å². The summed E-state index contributed by atoms with van der Waals surface area (Å²) < 4.78 is 0. The number of rotatable bonds is 4. The van der Waals surface area contributed by atoms with E-state index in [2.05, 4.69) is 50.0 Å². The minimum Gasteiger partial charge on any atom is -0.366 e. The molecule has 1 fully saturated rings. The van der Waals surface area contributed by atoms with Crippen molar-refractivity contribution in [1.29, 1.82) is 0 Å². The fourth-order valence-electron chi connectivity index (χ4n) is 5.09. The van der Waals surface area contributed by atoms with Crippen molar-refractivity contribution in [3.8, 4) is 0 Å². The summed E-state index contributed by atoms with van der Waals surface area (Å²) in [6.07, 6.45) is 3.65. The lowest BCUT2D eigenvalue weighted by molar-refractivity contribution is -0.122. The number of hydrogen-bond acceptors (Lipinski definition) is 4. The number of benzene rings is 2. The van der Waals surface area contributed by atoms with Crippen molar-refractivity contribution >= 4 is 46.9 Å². The highest BCUT2D eigenvalue weighted by Gasteiger charge is 2.38. The summed E-state index contributed by atoms with van der Waals surface area (Å²) in [6.45, 7) is 11.9. The molecule has 4 amide bonds. The minimum absolute atomic E-state index is 0.0491. The van der Waals surface area contributed by atoms with Crippen LogP contribution in [0.15, 0.2) is 42.0 Å². The number of nitrogens with one attached hydrogen (secondary N) is 1. The predicted octanol–water partition coefficient (Wildman–Crippen LogP) is 5.82. The Kier molecular flexibility index (Phi) is 6.30. The highest BCUT2D eigenvalue weighted by Crippen LogP contribution is 2.44. The second kappa shape index (κ2) is 8.91. The van der Waals surface area contributed by atoms with Gasteiger partial charge < -0.3 is 4.90 Å². The van der Waals surface area contributed by atoms with E-state index in [0.717, 1.165) is 35.4 Å². The van der Waals surface area contributed by atoms with Crippen LogP contribution in [0, 0.1) is 6.92 Å². The summed E-state index contributed by atoms with van der Waals surface area (Å²) in [4.78, 5) is 41.8. The third kappa shape index (κ3) is 4.23. The van der Waals surface area contributed by atoms with Crippen LogP contribution in [0.2, 0.25) is 5.02 Å². The van der Waals surface area contributed by atoms with Crippen LogP contribution in [0.4, 0.5) is 16.2 Å². The topological polar surface area (TPSA) is 69.7 Å². The van der Waals surface area contributed by atoms with Crippen LogP contribution in [-0.2, 0) is 9.59 Å². The standard InChI is InChI=1S/C27H30ClN3O3/c1-6-11-30-23-12-16(2)18(13-21(23)17(3)15-27(30,4)5)14-22-24(32)29-26(34)31(25(22)33)20-9-7-19(28)8-10-20/h7-10,12-14,17H,6,11,15H2,1-5H3,(H,29,32,34)/b22-14-. The van der Waals surface area contributed by atoms with Gasteiger partial charge in [0.15, 0.2) is 0 Å². The summed E-state index contributed by atoms with van der Waals surface area (Å²) in [5.74, 6) is -1.02. The third-order valence-electron chi connectivity index (χ3n) is 6.71. The molecular weight excluding hydrogens is 450 g/mol. The SMILES string of the molecule is CCCN1c2cc(C)c(/C=C3/C(=O)NC(=O)N(c4ccc(Cl)cc4)C3=O)cc2C(C)CC1(C)C. The molecule has 1 atom stereocenters. The first kappa shape index (κ1) is 24.0. The molecule has 7 heteroatoms. The van der Waals surface area contributed by atoms with Crippen molar-refractivity contribution in [2.75, 3.05) is 16.3 Å². The number of fused-ring (bicyclic) bond motifs is 1. The highest BCUT2D eigenvalue weighted by molar-refractivity contribution is 6.39. The molecule has 2 aromatic rings. The molecule has 2 aliphatic rings.